The number of amides is 1. The highest BCUT2D eigenvalue weighted by Crippen LogP contribution is 2.28. The highest BCUT2D eigenvalue weighted by Gasteiger charge is 2.17. The molecule has 0 fully saturated rings. The summed E-state index contributed by atoms with van der Waals surface area (Å²) >= 11 is 1.06. The van der Waals surface area contributed by atoms with Crippen LogP contribution in [0.15, 0.2) is 62.6 Å². The quantitative estimate of drug-likeness (QED) is 0.506. The van der Waals surface area contributed by atoms with Gasteiger partial charge < -0.3 is 4.42 Å². The standard InChI is InChI=1S/C17H11N3O5S2/c18-27(23,24)10-5-6-12-14(8-10)26-17(19-12)20-15(21)11-7-9-3-1-2-4-13(9)25-16(11)22/h1-8H,(H2,18,23,24)(H,19,20,21). The third-order valence-electron chi connectivity index (χ3n) is 3.79. The van der Waals surface area contributed by atoms with E-state index in [0.717, 1.165) is 11.3 Å². The van der Waals surface area contributed by atoms with E-state index in [0.29, 0.717) is 21.2 Å². The number of hydrogen-bond acceptors (Lipinski definition) is 7. The van der Waals surface area contributed by atoms with Crippen LogP contribution in [0.1, 0.15) is 10.4 Å². The minimum Gasteiger partial charge on any atom is -0.422 e. The van der Waals surface area contributed by atoms with Crippen LogP contribution >= 0.6 is 11.3 Å². The molecule has 8 nitrogen and oxygen atoms in total. The Bertz CT molecular complexity index is 1370. The van der Waals surface area contributed by atoms with Crippen molar-refractivity contribution >= 4 is 53.6 Å². The van der Waals surface area contributed by atoms with Gasteiger partial charge in [0.15, 0.2) is 5.13 Å². The topological polar surface area (TPSA) is 132 Å². The summed E-state index contributed by atoms with van der Waals surface area (Å²) in [5.41, 5.74) is -0.0372. The van der Waals surface area contributed by atoms with Gasteiger partial charge in [0, 0.05) is 5.39 Å². The molecule has 0 aliphatic rings. The molecule has 1 amide bonds. The Hall–Kier alpha value is -3.08. The van der Waals surface area contributed by atoms with Gasteiger partial charge in [0.2, 0.25) is 10.0 Å². The van der Waals surface area contributed by atoms with Gasteiger partial charge in [-0.25, -0.2) is 23.3 Å². The molecule has 0 saturated carbocycles. The normalized spacial score (nSPS) is 11.7. The molecule has 27 heavy (non-hydrogen) atoms. The highest BCUT2D eigenvalue weighted by molar-refractivity contribution is 7.89. The van der Waals surface area contributed by atoms with Gasteiger partial charge in [0.25, 0.3) is 5.91 Å². The van der Waals surface area contributed by atoms with Gasteiger partial charge >= 0.3 is 5.63 Å². The average Bonchev–Trinajstić information content (AvgIpc) is 3.01. The number of aromatic nitrogens is 1. The van der Waals surface area contributed by atoms with Crippen LogP contribution in [0.5, 0.6) is 0 Å². The van der Waals surface area contributed by atoms with Crippen molar-refractivity contribution in [2.45, 2.75) is 4.90 Å². The minimum atomic E-state index is -3.84. The van der Waals surface area contributed by atoms with Gasteiger partial charge in [0.05, 0.1) is 15.1 Å². The van der Waals surface area contributed by atoms with Crippen LogP contribution in [-0.2, 0) is 10.0 Å². The van der Waals surface area contributed by atoms with Crippen molar-refractivity contribution in [1.82, 2.24) is 4.98 Å². The first-order valence-corrected chi connectivity index (χ1v) is 9.95. The number of para-hydroxylation sites is 1. The fraction of sp³-hybridized carbons (Fsp3) is 0. The molecular formula is C17H11N3O5S2. The van der Waals surface area contributed by atoms with Gasteiger partial charge in [-0.1, -0.05) is 29.5 Å². The van der Waals surface area contributed by atoms with Crippen LogP contribution in [0.4, 0.5) is 5.13 Å². The SMILES string of the molecule is NS(=O)(=O)c1ccc2nc(NC(=O)c3cc4ccccc4oc3=O)sc2c1. The lowest BCUT2D eigenvalue weighted by Crippen LogP contribution is -2.20. The van der Waals surface area contributed by atoms with E-state index in [9.17, 15) is 18.0 Å². The van der Waals surface area contributed by atoms with Gasteiger partial charge in [-0.05, 0) is 30.3 Å². The molecule has 0 atom stereocenters. The van der Waals surface area contributed by atoms with Crippen molar-refractivity contribution in [3.05, 3.63) is 64.5 Å². The number of fused-ring (bicyclic) bond motifs is 2. The van der Waals surface area contributed by atoms with E-state index in [4.69, 9.17) is 9.56 Å². The second-order valence-electron chi connectivity index (χ2n) is 5.63. The number of carbonyl (C=O) groups is 1. The molecule has 0 radical (unpaired) electrons. The number of carbonyl (C=O) groups excluding carboxylic acids is 1. The molecule has 2 aromatic carbocycles. The van der Waals surface area contributed by atoms with E-state index in [1.165, 1.54) is 24.3 Å². The zero-order valence-corrected chi connectivity index (χ0v) is 15.1. The fourth-order valence-corrected chi connectivity index (χ4v) is 4.03. The fourth-order valence-electron chi connectivity index (χ4n) is 2.52. The van der Waals surface area contributed by atoms with E-state index in [1.807, 2.05) is 0 Å². The van der Waals surface area contributed by atoms with Crippen molar-refractivity contribution in [3.8, 4) is 0 Å². The Morgan fingerprint density at radius 2 is 1.93 bits per heavy atom. The lowest BCUT2D eigenvalue weighted by Gasteiger charge is -2.02. The largest absolute Gasteiger partial charge is 0.422 e. The predicted octanol–water partition coefficient (Wildman–Crippen LogP) is 2.30. The molecule has 136 valence electrons. The number of nitrogens with zero attached hydrogens (tertiary/aromatic N) is 1. The van der Waals surface area contributed by atoms with E-state index in [1.54, 1.807) is 24.3 Å². The molecule has 0 unspecified atom stereocenters. The smallest absolute Gasteiger partial charge is 0.349 e. The van der Waals surface area contributed by atoms with Crippen molar-refractivity contribution in [3.63, 3.8) is 0 Å². The maximum absolute atomic E-state index is 12.5. The molecule has 3 N–H and O–H groups in total. The number of benzene rings is 2. The van der Waals surface area contributed by atoms with Crippen LogP contribution < -0.4 is 16.1 Å². The number of rotatable bonds is 3. The summed E-state index contributed by atoms with van der Waals surface area (Å²) in [6.45, 7) is 0. The summed E-state index contributed by atoms with van der Waals surface area (Å²) in [4.78, 5) is 28.7. The molecule has 4 rings (SSSR count). The number of nitrogens with one attached hydrogen (secondary N) is 1. The molecule has 0 spiro atoms. The van der Waals surface area contributed by atoms with Crippen molar-refractivity contribution in [1.29, 1.82) is 0 Å². The van der Waals surface area contributed by atoms with E-state index >= 15 is 0 Å². The van der Waals surface area contributed by atoms with Crippen LogP contribution in [0, 0.1) is 0 Å². The molecule has 4 aromatic rings. The third kappa shape index (κ3) is 3.33. The second kappa shape index (κ2) is 6.27. The zero-order valence-electron chi connectivity index (χ0n) is 13.5. The van der Waals surface area contributed by atoms with Crippen LogP contribution in [-0.4, -0.2) is 19.3 Å². The van der Waals surface area contributed by atoms with Crippen molar-refractivity contribution in [2.24, 2.45) is 5.14 Å². The Labute approximate surface area is 156 Å². The van der Waals surface area contributed by atoms with Gasteiger partial charge in [-0.2, -0.15) is 0 Å². The highest BCUT2D eigenvalue weighted by atomic mass is 32.2. The summed E-state index contributed by atoms with van der Waals surface area (Å²) < 4.78 is 28.6. The molecule has 2 heterocycles. The Morgan fingerprint density at radius 3 is 2.70 bits per heavy atom. The number of sulfonamides is 1. The maximum atomic E-state index is 12.5. The number of primary sulfonamides is 1. The first-order chi connectivity index (χ1) is 12.8. The molecule has 0 bridgehead atoms. The number of anilines is 1. The van der Waals surface area contributed by atoms with Crippen LogP contribution in [0.25, 0.3) is 21.2 Å². The summed E-state index contributed by atoms with van der Waals surface area (Å²) in [5.74, 6) is -0.666. The van der Waals surface area contributed by atoms with Gasteiger partial charge in [-0.3, -0.25) is 10.1 Å². The van der Waals surface area contributed by atoms with E-state index in [2.05, 4.69) is 10.3 Å². The Balaban J connectivity index is 1.68. The summed E-state index contributed by atoms with van der Waals surface area (Å²) in [7, 11) is -3.84. The Morgan fingerprint density at radius 1 is 1.15 bits per heavy atom. The first kappa shape index (κ1) is 17.3. The first-order valence-electron chi connectivity index (χ1n) is 7.59. The molecule has 0 aliphatic heterocycles. The third-order valence-corrected chi connectivity index (χ3v) is 5.64. The lowest BCUT2D eigenvalue weighted by molar-refractivity contribution is 0.102. The zero-order chi connectivity index (χ0) is 19.2. The summed E-state index contributed by atoms with van der Waals surface area (Å²) in [6.07, 6.45) is 0. The average molecular weight is 401 g/mol. The molecular weight excluding hydrogens is 390 g/mol. The van der Waals surface area contributed by atoms with E-state index < -0.39 is 21.6 Å². The molecule has 0 aliphatic carbocycles. The van der Waals surface area contributed by atoms with Gasteiger partial charge in [-0.15, -0.1) is 0 Å². The summed E-state index contributed by atoms with van der Waals surface area (Å²) in [5, 5.41) is 8.49. The minimum absolute atomic E-state index is 0.0494. The molecule has 10 heteroatoms. The summed E-state index contributed by atoms with van der Waals surface area (Å²) in [6, 6.07) is 12.5. The maximum Gasteiger partial charge on any atom is 0.349 e. The monoisotopic (exact) mass is 401 g/mol. The van der Waals surface area contributed by atoms with Crippen molar-refractivity contribution < 1.29 is 17.6 Å². The van der Waals surface area contributed by atoms with Crippen LogP contribution in [0.3, 0.4) is 0 Å². The number of hydrogen-bond donors (Lipinski definition) is 2. The van der Waals surface area contributed by atoms with Gasteiger partial charge in [0.1, 0.15) is 11.1 Å². The van der Waals surface area contributed by atoms with E-state index in [-0.39, 0.29) is 15.6 Å². The Kier molecular flexibility index (Phi) is 4.02. The van der Waals surface area contributed by atoms with Crippen molar-refractivity contribution in [2.75, 3.05) is 5.32 Å². The second-order valence-corrected chi connectivity index (χ2v) is 8.23. The van der Waals surface area contributed by atoms with Crippen LogP contribution in [0.2, 0.25) is 0 Å². The lowest BCUT2D eigenvalue weighted by atomic mass is 10.2. The predicted molar refractivity (Wildman–Crippen MR) is 101 cm³/mol. The number of nitrogens with two attached hydrogens (primary N) is 1. The number of thiazole rings is 1. The molecule has 2 aromatic heterocycles. The molecule has 0 saturated heterocycles.